The van der Waals surface area contributed by atoms with Crippen LogP contribution in [0.5, 0.6) is 0 Å². The normalized spacial score (nSPS) is 12.3. The topological polar surface area (TPSA) is 49.4 Å². The molecule has 0 aliphatic carbocycles. The number of nitrogens with zero attached hydrogens (tertiary/aromatic N) is 1. The zero-order valence-electron chi connectivity index (χ0n) is 18.0. The fourth-order valence-electron chi connectivity index (χ4n) is 3.02. The number of amides is 2. The molecule has 2 aromatic carbocycles. The smallest absolute Gasteiger partial charge is 0.242 e. The monoisotopic (exact) mass is 398 g/mol. The number of carbonyl (C=O) groups is 2. The number of halogens is 1. The maximum Gasteiger partial charge on any atom is 0.242 e. The van der Waals surface area contributed by atoms with Crippen LogP contribution < -0.4 is 5.32 Å². The Kier molecular flexibility index (Phi) is 7.54. The minimum absolute atomic E-state index is 0.0537. The van der Waals surface area contributed by atoms with Crippen LogP contribution in [0.25, 0.3) is 0 Å². The van der Waals surface area contributed by atoms with Crippen LogP contribution in [0.4, 0.5) is 4.39 Å². The first-order chi connectivity index (χ1) is 13.6. The summed E-state index contributed by atoms with van der Waals surface area (Å²) in [6, 6.07) is 13.7. The molecule has 0 radical (unpaired) electrons. The molecule has 0 aromatic heterocycles. The number of benzene rings is 2. The van der Waals surface area contributed by atoms with E-state index in [1.807, 2.05) is 52.0 Å². The zero-order valence-corrected chi connectivity index (χ0v) is 18.0. The number of hydrogen-bond donors (Lipinski definition) is 1. The second-order valence-electron chi connectivity index (χ2n) is 8.51. The SMILES string of the molecule is Cc1ccc(CCC(=O)N(Cc2ccccc2F)C(C)C(=O)NC(C)(C)C)cc1. The summed E-state index contributed by atoms with van der Waals surface area (Å²) in [5.41, 5.74) is 2.20. The van der Waals surface area contributed by atoms with Gasteiger partial charge in [-0.2, -0.15) is 0 Å². The van der Waals surface area contributed by atoms with Crippen molar-refractivity contribution in [2.75, 3.05) is 0 Å². The highest BCUT2D eigenvalue weighted by Gasteiger charge is 2.28. The highest BCUT2D eigenvalue weighted by Crippen LogP contribution is 2.16. The molecule has 29 heavy (non-hydrogen) atoms. The van der Waals surface area contributed by atoms with E-state index in [-0.39, 0.29) is 30.6 Å². The molecule has 0 aliphatic rings. The first-order valence-corrected chi connectivity index (χ1v) is 9.97. The lowest BCUT2D eigenvalue weighted by Gasteiger charge is -2.31. The average molecular weight is 399 g/mol. The molecule has 1 atom stereocenters. The Morgan fingerprint density at radius 1 is 1.07 bits per heavy atom. The molecule has 2 rings (SSSR count). The molecule has 1 N–H and O–H groups in total. The van der Waals surface area contributed by atoms with E-state index < -0.39 is 11.6 Å². The molecule has 0 saturated carbocycles. The number of nitrogens with one attached hydrogen (secondary N) is 1. The van der Waals surface area contributed by atoms with Gasteiger partial charge in [0.05, 0.1) is 0 Å². The molecule has 0 fully saturated rings. The highest BCUT2D eigenvalue weighted by atomic mass is 19.1. The van der Waals surface area contributed by atoms with Gasteiger partial charge in [0.2, 0.25) is 11.8 Å². The van der Waals surface area contributed by atoms with Crippen LogP contribution in [0, 0.1) is 12.7 Å². The lowest BCUT2D eigenvalue weighted by Crippen LogP contribution is -2.52. The second-order valence-corrected chi connectivity index (χ2v) is 8.51. The van der Waals surface area contributed by atoms with Crippen LogP contribution in [0.2, 0.25) is 0 Å². The largest absolute Gasteiger partial charge is 0.350 e. The van der Waals surface area contributed by atoms with Gasteiger partial charge in [-0.15, -0.1) is 0 Å². The minimum Gasteiger partial charge on any atom is -0.350 e. The van der Waals surface area contributed by atoms with Crippen molar-refractivity contribution in [2.24, 2.45) is 0 Å². The van der Waals surface area contributed by atoms with Crippen LogP contribution in [0.1, 0.15) is 50.8 Å². The Bertz CT molecular complexity index is 841. The molecule has 0 spiro atoms. The summed E-state index contributed by atoms with van der Waals surface area (Å²) in [6.07, 6.45) is 0.825. The van der Waals surface area contributed by atoms with Gasteiger partial charge in [-0.3, -0.25) is 9.59 Å². The van der Waals surface area contributed by atoms with Crippen molar-refractivity contribution in [3.05, 3.63) is 71.0 Å². The van der Waals surface area contributed by atoms with Gasteiger partial charge in [-0.05, 0) is 52.7 Å². The van der Waals surface area contributed by atoms with Crippen molar-refractivity contribution < 1.29 is 14.0 Å². The fourth-order valence-corrected chi connectivity index (χ4v) is 3.02. The van der Waals surface area contributed by atoms with Gasteiger partial charge in [0.1, 0.15) is 11.9 Å². The first kappa shape index (κ1) is 22.6. The standard InChI is InChI=1S/C24H31FN2O2/c1-17-10-12-19(13-11-17)14-15-22(28)27(16-20-8-6-7-9-21(20)25)18(2)23(29)26-24(3,4)5/h6-13,18H,14-16H2,1-5H3,(H,26,29). The molecule has 0 saturated heterocycles. The van der Waals surface area contributed by atoms with E-state index in [1.165, 1.54) is 11.0 Å². The summed E-state index contributed by atoms with van der Waals surface area (Å²) < 4.78 is 14.2. The van der Waals surface area contributed by atoms with Gasteiger partial charge < -0.3 is 10.2 Å². The number of aryl methyl sites for hydroxylation is 2. The van der Waals surface area contributed by atoms with Crippen LogP contribution in [0.15, 0.2) is 48.5 Å². The zero-order chi connectivity index (χ0) is 21.6. The summed E-state index contributed by atoms with van der Waals surface area (Å²) in [5.74, 6) is -0.810. The van der Waals surface area contributed by atoms with Gasteiger partial charge in [-0.25, -0.2) is 4.39 Å². The predicted octanol–water partition coefficient (Wildman–Crippen LogP) is 4.40. The molecular formula is C24H31FN2O2. The molecule has 0 bridgehead atoms. The van der Waals surface area contributed by atoms with Crippen molar-refractivity contribution >= 4 is 11.8 Å². The molecule has 1 unspecified atom stereocenters. The van der Waals surface area contributed by atoms with Crippen molar-refractivity contribution in [1.82, 2.24) is 10.2 Å². The molecule has 4 nitrogen and oxygen atoms in total. The van der Waals surface area contributed by atoms with Crippen LogP contribution in [0.3, 0.4) is 0 Å². The van der Waals surface area contributed by atoms with Crippen LogP contribution in [-0.2, 0) is 22.6 Å². The van der Waals surface area contributed by atoms with Gasteiger partial charge >= 0.3 is 0 Å². The van der Waals surface area contributed by atoms with Crippen LogP contribution in [-0.4, -0.2) is 28.3 Å². The molecule has 0 heterocycles. The quantitative estimate of drug-likeness (QED) is 0.752. The lowest BCUT2D eigenvalue weighted by molar-refractivity contribution is -0.141. The van der Waals surface area contributed by atoms with Crippen molar-refractivity contribution in [1.29, 1.82) is 0 Å². The van der Waals surface area contributed by atoms with Gasteiger partial charge in [0.15, 0.2) is 0 Å². The van der Waals surface area contributed by atoms with E-state index in [4.69, 9.17) is 0 Å². The highest BCUT2D eigenvalue weighted by molar-refractivity contribution is 5.87. The maximum atomic E-state index is 14.2. The first-order valence-electron chi connectivity index (χ1n) is 9.97. The Hall–Kier alpha value is -2.69. The molecule has 0 aliphatic heterocycles. The van der Waals surface area contributed by atoms with E-state index in [9.17, 15) is 14.0 Å². The Morgan fingerprint density at radius 2 is 1.69 bits per heavy atom. The van der Waals surface area contributed by atoms with E-state index in [2.05, 4.69) is 5.32 Å². The van der Waals surface area contributed by atoms with E-state index in [1.54, 1.807) is 25.1 Å². The number of carbonyl (C=O) groups excluding carboxylic acids is 2. The number of hydrogen-bond acceptors (Lipinski definition) is 2. The second kappa shape index (κ2) is 9.68. The van der Waals surface area contributed by atoms with Gasteiger partial charge in [-0.1, -0.05) is 48.0 Å². The minimum atomic E-state index is -0.709. The van der Waals surface area contributed by atoms with E-state index in [0.717, 1.165) is 11.1 Å². The summed E-state index contributed by atoms with van der Waals surface area (Å²) in [4.78, 5) is 27.2. The summed E-state index contributed by atoms with van der Waals surface area (Å²) >= 11 is 0. The van der Waals surface area contributed by atoms with Crippen molar-refractivity contribution in [3.63, 3.8) is 0 Å². The fraction of sp³-hybridized carbons (Fsp3) is 0.417. The van der Waals surface area contributed by atoms with Crippen molar-refractivity contribution in [2.45, 2.75) is 65.6 Å². The third-order valence-electron chi connectivity index (χ3n) is 4.71. The predicted molar refractivity (Wildman–Crippen MR) is 114 cm³/mol. The van der Waals surface area contributed by atoms with E-state index >= 15 is 0 Å². The Morgan fingerprint density at radius 3 is 2.28 bits per heavy atom. The lowest BCUT2D eigenvalue weighted by atomic mass is 10.1. The van der Waals surface area contributed by atoms with Gasteiger partial charge in [0.25, 0.3) is 0 Å². The molecular weight excluding hydrogens is 367 g/mol. The molecule has 2 amide bonds. The third kappa shape index (κ3) is 7.00. The molecule has 2 aromatic rings. The van der Waals surface area contributed by atoms with Gasteiger partial charge in [0, 0.05) is 24.1 Å². The Balaban J connectivity index is 2.18. The third-order valence-corrected chi connectivity index (χ3v) is 4.71. The summed E-state index contributed by atoms with van der Waals surface area (Å²) in [5, 5.41) is 2.91. The number of rotatable bonds is 7. The summed E-state index contributed by atoms with van der Waals surface area (Å²) in [6.45, 7) is 9.42. The molecule has 5 heteroatoms. The summed E-state index contributed by atoms with van der Waals surface area (Å²) in [7, 11) is 0. The van der Waals surface area contributed by atoms with Crippen LogP contribution >= 0.6 is 0 Å². The van der Waals surface area contributed by atoms with E-state index in [0.29, 0.717) is 12.0 Å². The average Bonchev–Trinajstić information content (AvgIpc) is 2.65. The maximum absolute atomic E-state index is 14.2. The Labute approximate surface area is 173 Å². The molecule has 156 valence electrons. The van der Waals surface area contributed by atoms with Crippen molar-refractivity contribution in [3.8, 4) is 0 Å².